The van der Waals surface area contributed by atoms with Gasteiger partial charge in [-0.15, -0.1) is 0 Å². The number of rotatable bonds is 1. The zero-order valence-electron chi connectivity index (χ0n) is 7.67. The van der Waals surface area contributed by atoms with Gasteiger partial charge in [-0.05, 0) is 12.1 Å². The summed E-state index contributed by atoms with van der Waals surface area (Å²) in [6.07, 6.45) is 1.72. The number of fused-ring (bicyclic) bond motifs is 1. The second-order valence-electron chi connectivity index (χ2n) is 3.32. The summed E-state index contributed by atoms with van der Waals surface area (Å²) in [5, 5.41) is 8.88. The van der Waals surface area contributed by atoms with Gasteiger partial charge in [0.2, 0.25) is 0 Å². The van der Waals surface area contributed by atoms with Crippen LogP contribution in [0.3, 0.4) is 0 Å². The number of nitrogens with zero attached hydrogens (tertiary/aromatic N) is 2. The lowest BCUT2D eigenvalue weighted by Crippen LogP contribution is -2.49. The second-order valence-corrected chi connectivity index (χ2v) is 3.32. The Labute approximate surface area is 80.5 Å². The van der Waals surface area contributed by atoms with E-state index in [2.05, 4.69) is 0 Å². The zero-order valence-corrected chi connectivity index (χ0v) is 7.67. The van der Waals surface area contributed by atoms with Crippen molar-refractivity contribution >= 4 is 11.9 Å². The quantitative estimate of drug-likeness (QED) is 0.685. The maximum Gasteiger partial charge on any atom is 0.328 e. The van der Waals surface area contributed by atoms with Crippen LogP contribution in [0.4, 0.5) is 0 Å². The van der Waals surface area contributed by atoms with Gasteiger partial charge in [-0.2, -0.15) is 0 Å². The second kappa shape index (κ2) is 2.87. The standard InChI is InChI=1S/C9H10N2O3/c1-10-7(9(13)14)5-11-4-2-3-6(11)8(10)12/h2-4,7H,5H2,1H3,(H,13,14). The monoisotopic (exact) mass is 194 g/mol. The Morgan fingerprint density at radius 1 is 1.64 bits per heavy atom. The Morgan fingerprint density at radius 2 is 2.36 bits per heavy atom. The molecule has 0 fully saturated rings. The Kier molecular flexibility index (Phi) is 1.80. The molecule has 0 aliphatic carbocycles. The first kappa shape index (κ1) is 8.80. The fraction of sp³-hybridized carbons (Fsp3) is 0.333. The van der Waals surface area contributed by atoms with Crippen molar-refractivity contribution in [3.63, 3.8) is 0 Å². The average molecular weight is 194 g/mol. The van der Waals surface area contributed by atoms with E-state index in [9.17, 15) is 9.59 Å². The Hall–Kier alpha value is -1.78. The summed E-state index contributed by atoms with van der Waals surface area (Å²) in [6.45, 7) is 0.319. The summed E-state index contributed by atoms with van der Waals surface area (Å²) in [7, 11) is 1.51. The molecule has 1 N–H and O–H groups in total. The number of carboxylic acid groups (broad SMARTS) is 1. The van der Waals surface area contributed by atoms with Gasteiger partial charge in [-0.25, -0.2) is 4.79 Å². The number of aliphatic carboxylic acids is 1. The van der Waals surface area contributed by atoms with Gasteiger partial charge in [0, 0.05) is 13.2 Å². The van der Waals surface area contributed by atoms with Crippen molar-refractivity contribution < 1.29 is 14.7 Å². The van der Waals surface area contributed by atoms with E-state index in [4.69, 9.17) is 5.11 Å². The molecule has 1 aromatic heterocycles. The third-order valence-electron chi connectivity index (χ3n) is 2.49. The Morgan fingerprint density at radius 3 is 3.00 bits per heavy atom. The average Bonchev–Trinajstić information content (AvgIpc) is 2.58. The molecule has 0 bridgehead atoms. The molecule has 0 saturated carbocycles. The molecule has 1 unspecified atom stereocenters. The van der Waals surface area contributed by atoms with Gasteiger partial charge < -0.3 is 14.6 Å². The first-order valence-corrected chi connectivity index (χ1v) is 4.26. The van der Waals surface area contributed by atoms with Gasteiger partial charge in [0.15, 0.2) is 0 Å². The number of amides is 1. The van der Waals surface area contributed by atoms with Crippen molar-refractivity contribution in [1.29, 1.82) is 0 Å². The lowest BCUT2D eigenvalue weighted by molar-refractivity contribution is -0.142. The molecule has 0 saturated heterocycles. The molecule has 2 rings (SSSR count). The van der Waals surface area contributed by atoms with Crippen molar-refractivity contribution in [2.45, 2.75) is 12.6 Å². The predicted octanol–water partition coefficient (Wildman–Crippen LogP) is 0.0269. The molecule has 74 valence electrons. The summed E-state index contributed by atoms with van der Waals surface area (Å²) < 4.78 is 1.67. The van der Waals surface area contributed by atoms with E-state index in [1.54, 1.807) is 22.9 Å². The minimum Gasteiger partial charge on any atom is -0.480 e. The summed E-state index contributed by atoms with van der Waals surface area (Å²) in [6, 6.07) is 2.67. The molecule has 0 radical (unpaired) electrons. The number of likely N-dealkylation sites (N-methyl/N-ethyl adjacent to an activating group) is 1. The minimum absolute atomic E-state index is 0.242. The smallest absolute Gasteiger partial charge is 0.328 e. The predicted molar refractivity (Wildman–Crippen MR) is 47.9 cm³/mol. The van der Waals surface area contributed by atoms with Crippen LogP contribution >= 0.6 is 0 Å². The van der Waals surface area contributed by atoms with Gasteiger partial charge >= 0.3 is 5.97 Å². The van der Waals surface area contributed by atoms with Crippen molar-refractivity contribution in [2.24, 2.45) is 0 Å². The minimum atomic E-state index is -0.972. The van der Waals surface area contributed by atoms with Crippen LogP contribution in [0.25, 0.3) is 0 Å². The van der Waals surface area contributed by atoms with Crippen LogP contribution < -0.4 is 0 Å². The number of carbonyl (C=O) groups is 2. The normalized spacial score (nSPS) is 20.8. The van der Waals surface area contributed by atoms with Gasteiger partial charge in [-0.3, -0.25) is 4.79 Å². The molecule has 5 heteroatoms. The van der Waals surface area contributed by atoms with Crippen LogP contribution in [0.15, 0.2) is 18.3 Å². The zero-order chi connectivity index (χ0) is 10.3. The third kappa shape index (κ3) is 1.09. The van der Waals surface area contributed by atoms with E-state index < -0.39 is 12.0 Å². The highest BCUT2D eigenvalue weighted by Gasteiger charge is 2.33. The van der Waals surface area contributed by atoms with E-state index in [1.807, 2.05) is 0 Å². The first-order chi connectivity index (χ1) is 6.61. The number of aromatic nitrogens is 1. The van der Waals surface area contributed by atoms with E-state index in [0.29, 0.717) is 12.2 Å². The molecule has 1 aliphatic heterocycles. The largest absolute Gasteiger partial charge is 0.480 e. The maximum atomic E-state index is 11.6. The SMILES string of the molecule is CN1C(=O)c2cccn2CC1C(=O)O. The molecular weight excluding hydrogens is 184 g/mol. The Bertz CT molecular complexity index is 397. The topological polar surface area (TPSA) is 62.5 Å². The lowest BCUT2D eigenvalue weighted by Gasteiger charge is -2.30. The molecule has 0 spiro atoms. The summed E-state index contributed by atoms with van der Waals surface area (Å²) >= 11 is 0. The van der Waals surface area contributed by atoms with Gasteiger partial charge in [0.05, 0.1) is 6.54 Å². The summed E-state index contributed by atoms with van der Waals surface area (Å²) in [5.74, 6) is -1.21. The highest BCUT2D eigenvalue weighted by atomic mass is 16.4. The van der Waals surface area contributed by atoms with Crippen LogP contribution in [-0.2, 0) is 11.3 Å². The third-order valence-corrected chi connectivity index (χ3v) is 2.49. The van der Waals surface area contributed by atoms with E-state index in [1.165, 1.54) is 11.9 Å². The number of carboxylic acids is 1. The molecule has 0 aromatic carbocycles. The van der Waals surface area contributed by atoms with Crippen LogP contribution in [0.1, 0.15) is 10.5 Å². The molecule has 1 atom stereocenters. The number of hydrogen-bond acceptors (Lipinski definition) is 2. The van der Waals surface area contributed by atoms with Crippen molar-refractivity contribution in [3.05, 3.63) is 24.0 Å². The highest BCUT2D eigenvalue weighted by Crippen LogP contribution is 2.16. The molecule has 1 amide bonds. The first-order valence-electron chi connectivity index (χ1n) is 4.26. The van der Waals surface area contributed by atoms with Crippen LogP contribution in [0.2, 0.25) is 0 Å². The van der Waals surface area contributed by atoms with Crippen LogP contribution in [0, 0.1) is 0 Å². The Balaban J connectivity index is 2.42. The summed E-state index contributed by atoms with van der Waals surface area (Å²) in [5.41, 5.74) is 0.546. The van der Waals surface area contributed by atoms with Crippen molar-refractivity contribution in [3.8, 4) is 0 Å². The fourth-order valence-electron chi connectivity index (χ4n) is 1.64. The van der Waals surface area contributed by atoms with Gasteiger partial charge in [-0.1, -0.05) is 0 Å². The molecule has 1 aromatic rings. The summed E-state index contributed by atoms with van der Waals surface area (Å²) in [4.78, 5) is 23.7. The number of carbonyl (C=O) groups excluding carboxylic acids is 1. The van der Waals surface area contributed by atoms with Crippen molar-refractivity contribution in [2.75, 3.05) is 7.05 Å². The van der Waals surface area contributed by atoms with Gasteiger partial charge in [0.25, 0.3) is 5.91 Å². The number of hydrogen-bond donors (Lipinski definition) is 1. The highest BCUT2D eigenvalue weighted by molar-refractivity contribution is 5.96. The van der Waals surface area contributed by atoms with E-state index >= 15 is 0 Å². The van der Waals surface area contributed by atoms with Crippen LogP contribution in [-0.4, -0.2) is 39.5 Å². The van der Waals surface area contributed by atoms with E-state index in [-0.39, 0.29) is 5.91 Å². The molecule has 2 heterocycles. The maximum absolute atomic E-state index is 11.6. The van der Waals surface area contributed by atoms with Crippen LogP contribution in [0.5, 0.6) is 0 Å². The fourth-order valence-corrected chi connectivity index (χ4v) is 1.64. The molecular formula is C9H10N2O3. The van der Waals surface area contributed by atoms with Gasteiger partial charge in [0.1, 0.15) is 11.7 Å². The van der Waals surface area contributed by atoms with E-state index in [0.717, 1.165) is 0 Å². The molecule has 14 heavy (non-hydrogen) atoms. The van der Waals surface area contributed by atoms with Crippen molar-refractivity contribution in [1.82, 2.24) is 9.47 Å². The lowest BCUT2D eigenvalue weighted by atomic mass is 10.2. The molecule has 5 nitrogen and oxygen atoms in total. The molecule has 1 aliphatic rings.